The van der Waals surface area contributed by atoms with Gasteiger partial charge in [0, 0.05) is 5.33 Å². The van der Waals surface area contributed by atoms with E-state index in [4.69, 9.17) is 21.7 Å². The van der Waals surface area contributed by atoms with Crippen molar-refractivity contribution in [3.8, 4) is 0 Å². The third kappa shape index (κ3) is 8.74. The van der Waals surface area contributed by atoms with E-state index in [0.29, 0.717) is 11.7 Å². The molecule has 0 aromatic heterocycles. The van der Waals surface area contributed by atoms with Gasteiger partial charge in [-0.3, -0.25) is 0 Å². The first kappa shape index (κ1) is 19.6. The number of nitrogens with one attached hydrogen (secondary N) is 1. The Morgan fingerprint density at radius 3 is 2.45 bits per heavy atom. The molecule has 0 aliphatic carbocycles. The summed E-state index contributed by atoms with van der Waals surface area (Å²) < 4.78 is 10.8. The van der Waals surface area contributed by atoms with Gasteiger partial charge in [-0.2, -0.15) is 0 Å². The molecule has 0 bridgehead atoms. The van der Waals surface area contributed by atoms with E-state index in [2.05, 4.69) is 28.2 Å². The Morgan fingerprint density at radius 2 is 2.00 bits per heavy atom. The van der Waals surface area contributed by atoms with Gasteiger partial charge in [-0.1, -0.05) is 36.2 Å². The standard InChI is InChI=1S/C14H26BrNO3S/c1-6-10(2)11(12(20)18-9-7-8-15)16-13(17)19-14(3,4)5/h10-11H,6-9H2,1-5H3,(H,16,17). The second-order valence-electron chi connectivity index (χ2n) is 5.72. The number of carbonyl (C=O) groups excluding carboxylic acids is 1. The molecule has 0 fully saturated rings. The number of rotatable bonds is 7. The van der Waals surface area contributed by atoms with Crippen molar-refractivity contribution in [2.24, 2.45) is 5.92 Å². The third-order valence-corrected chi connectivity index (χ3v) is 3.59. The van der Waals surface area contributed by atoms with Gasteiger partial charge < -0.3 is 14.8 Å². The van der Waals surface area contributed by atoms with Crippen LogP contribution < -0.4 is 5.32 Å². The molecule has 0 spiro atoms. The third-order valence-electron chi connectivity index (χ3n) is 2.66. The van der Waals surface area contributed by atoms with Gasteiger partial charge in [0.25, 0.3) is 0 Å². The predicted octanol–water partition coefficient (Wildman–Crippen LogP) is 4.05. The molecule has 0 rings (SSSR count). The zero-order chi connectivity index (χ0) is 15.8. The average molecular weight is 368 g/mol. The lowest BCUT2D eigenvalue weighted by atomic mass is 10.00. The summed E-state index contributed by atoms with van der Waals surface area (Å²) in [6.45, 7) is 10.1. The summed E-state index contributed by atoms with van der Waals surface area (Å²) >= 11 is 8.62. The van der Waals surface area contributed by atoms with E-state index in [9.17, 15) is 4.79 Å². The van der Waals surface area contributed by atoms with E-state index >= 15 is 0 Å². The van der Waals surface area contributed by atoms with E-state index < -0.39 is 11.7 Å². The molecule has 0 radical (unpaired) electrons. The zero-order valence-corrected chi connectivity index (χ0v) is 15.4. The summed E-state index contributed by atoms with van der Waals surface area (Å²) in [5, 5.41) is 4.10. The van der Waals surface area contributed by atoms with Crippen LogP contribution in [-0.4, -0.2) is 34.7 Å². The van der Waals surface area contributed by atoms with Gasteiger partial charge in [-0.15, -0.1) is 0 Å². The quantitative estimate of drug-likeness (QED) is 0.418. The van der Waals surface area contributed by atoms with Crippen molar-refractivity contribution in [2.45, 2.75) is 59.1 Å². The van der Waals surface area contributed by atoms with Gasteiger partial charge in [0.1, 0.15) is 11.6 Å². The van der Waals surface area contributed by atoms with E-state index in [0.717, 1.165) is 18.2 Å². The smallest absolute Gasteiger partial charge is 0.408 e. The summed E-state index contributed by atoms with van der Waals surface area (Å²) in [5.41, 5.74) is -0.525. The number of hydrogen-bond donors (Lipinski definition) is 1. The number of alkyl halides is 1. The first-order valence-corrected chi connectivity index (χ1v) is 8.46. The zero-order valence-electron chi connectivity index (χ0n) is 13.0. The number of ether oxygens (including phenoxy) is 2. The Bertz CT molecular complexity index is 318. The van der Waals surface area contributed by atoms with E-state index in [1.165, 1.54) is 0 Å². The van der Waals surface area contributed by atoms with Crippen molar-refractivity contribution in [1.29, 1.82) is 0 Å². The molecule has 4 nitrogen and oxygen atoms in total. The highest BCUT2D eigenvalue weighted by molar-refractivity contribution is 9.09. The van der Waals surface area contributed by atoms with Gasteiger partial charge in [0.05, 0.1) is 6.61 Å². The second-order valence-corrected chi connectivity index (χ2v) is 6.91. The Balaban J connectivity index is 4.56. The second kappa shape index (κ2) is 9.55. The number of alkyl carbamates (subject to hydrolysis) is 1. The fraction of sp³-hybridized carbons (Fsp3) is 0.857. The summed E-state index contributed by atoms with van der Waals surface area (Å²) in [4.78, 5) is 11.9. The van der Waals surface area contributed by atoms with Crippen molar-refractivity contribution < 1.29 is 14.3 Å². The van der Waals surface area contributed by atoms with Gasteiger partial charge in [0.15, 0.2) is 5.05 Å². The lowest BCUT2D eigenvalue weighted by Crippen LogP contribution is -2.47. The van der Waals surface area contributed by atoms with Crippen molar-refractivity contribution in [1.82, 2.24) is 5.32 Å². The molecule has 0 heterocycles. The molecule has 2 atom stereocenters. The summed E-state index contributed by atoms with van der Waals surface area (Å²) in [5.74, 6) is 0.194. The lowest BCUT2D eigenvalue weighted by Gasteiger charge is -2.27. The maximum atomic E-state index is 11.9. The highest BCUT2D eigenvalue weighted by atomic mass is 79.9. The topological polar surface area (TPSA) is 47.6 Å². The Morgan fingerprint density at radius 1 is 1.40 bits per heavy atom. The predicted molar refractivity (Wildman–Crippen MR) is 89.6 cm³/mol. The molecule has 1 amide bonds. The number of hydrogen-bond acceptors (Lipinski definition) is 4. The molecule has 0 saturated carbocycles. The summed E-state index contributed by atoms with van der Waals surface area (Å²) in [6, 6.07) is -0.305. The monoisotopic (exact) mass is 367 g/mol. The minimum absolute atomic E-state index is 0.194. The van der Waals surface area contributed by atoms with Crippen LogP contribution in [0.3, 0.4) is 0 Å². The Kier molecular flexibility index (Phi) is 9.38. The first-order chi connectivity index (χ1) is 9.21. The van der Waals surface area contributed by atoms with Crippen molar-refractivity contribution >= 4 is 39.3 Å². The fourth-order valence-electron chi connectivity index (χ4n) is 1.42. The van der Waals surface area contributed by atoms with Crippen LogP contribution in [0.5, 0.6) is 0 Å². The highest BCUT2D eigenvalue weighted by Crippen LogP contribution is 2.13. The van der Waals surface area contributed by atoms with Crippen molar-refractivity contribution in [2.75, 3.05) is 11.9 Å². The van der Waals surface area contributed by atoms with Gasteiger partial charge in [0.2, 0.25) is 0 Å². The molecule has 0 saturated heterocycles. The molecule has 0 aromatic rings. The molecule has 1 N–H and O–H groups in total. The van der Waals surface area contributed by atoms with Gasteiger partial charge in [-0.25, -0.2) is 4.79 Å². The van der Waals surface area contributed by atoms with Crippen LogP contribution >= 0.6 is 28.1 Å². The van der Waals surface area contributed by atoms with Crippen LogP contribution in [0.25, 0.3) is 0 Å². The van der Waals surface area contributed by atoms with E-state index in [-0.39, 0.29) is 12.0 Å². The molecular formula is C14H26BrNO3S. The fourth-order valence-corrected chi connectivity index (χ4v) is 2.02. The molecule has 0 aromatic carbocycles. The highest BCUT2D eigenvalue weighted by Gasteiger charge is 2.26. The van der Waals surface area contributed by atoms with Crippen molar-refractivity contribution in [3.63, 3.8) is 0 Å². The van der Waals surface area contributed by atoms with Gasteiger partial charge in [-0.05, 0) is 45.3 Å². The number of halogens is 1. The Labute approximate surface area is 136 Å². The lowest BCUT2D eigenvalue weighted by molar-refractivity contribution is 0.0500. The van der Waals surface area contributed by atoms with Crippen LogP contribution in [0.1, 0.15) is 47.5 Å². The van der Waals surface area contributed by atoms with Crippen molar-refractivity contribution in [3.05, 3.63) is 0 Å². The van der Waals surface area contributed by atoms with Gasteiger partial charge >= 0.3 is 6.09 Å². The van der Waals surface area contributed by atoms with E-state index in [1.54, 1.807) is 0 Å². The maximum Gasteiger partial charge on any atom is 0.408 e. The normalized spacial score (nSPS) is 14.3. The molecule has 0 aliphatic rings. The number of amides is 1. The summed E-state index contributed by atoms with van der Waals surface area (Å²) in [7, 11) is 0. The molecular weight excluding hydrogens is 342 g/mol. The van der Waals surface area contributed by atoms with Crippen LogP contribution in [0.2, 0.25) is 0 Å². The largest absolute Gasteiger partial charge is 0.485 e. The molecule has 118 valence electrons. The number of carbonyl (C=O) groups is 1. The Hall–Kier alpha value is -0.360. The summed E-state index contributed by atoms with van der Waals surface area (Å²) in [6.07, 6.45) is 1.30. The molecule has 6 heteroatoms. The average Bonchev–Trinajstić information content (AvgIpc) is 2.33. The molecule has 2 unspecified atom stereocenters. The van der Waals surface area contributed by atoms with E-state index in [1.807, 2.05) is 27.7 Å². The number of thiocarbonyl (C=S) groups is 1. The first-order valence-electron chi connectivity index (χ1n) is 6.93. The van der Waals surface area contributed by atoms with Crippen LogP contribution in [0.15, 0.2) is 0 Å². The molecule has 20 heavy (non-hydrogen) atoms. The minimum Gasteiger partial charge on any atom is -0.485 e. The van der Waals surface area contributed by atoms with Crippen LogP contribution in [0, 0.1) is 5.92 Å². The van der Waals surface area contributed by atoms with Crippen LogP contribution in [0.4, 0.5) is 4.79 Å². The SMILES string of the molecule is CCC(C)C(NC(=O)OC(C)(C)C)C(=S)OCCCBr. The van der Waals surface area contributed by atoms with Crippen LogP contribution in [-0.2, 0) is 9.47 Å². The molecule has 0 aliphatic heterocycles. The minimum atomic E-state index is -0.525. The maximum absolute atomic E-state index is 11.9.